The van der Waals surface area contributed by atoms with E-state index in [-0.39, 0.29) is 24.2 Å². The minimum atomic E-state index is -2.05. The third-order valence-corrected chi connectivity index (χ3v) is 19.5. The van der Waals surface area contributed by atoms with Crippen LogP contribution in [0.1, 0.15) is 97.2 Å². The van der Waals surface area contributed by atoms with Gasteiger partial charge in [0.05, 0.1) is 48.8 Å². The van der Waals surface area contributed by atoms with Crippen LogP contribution in [0.3, 0.4) is 0 Å². The van der Waals surface area contributed by atoms with Crippen molar-refractivity contribution in [1.82, 2.24) is 38.7 Å². The summed E-state index contributed by atoms with van der Waals surface area (Å²) in [5.41, 5.74) is 5.09. The molecule has 398 valence electrons. The average Bonchev–Trinajstić information content (AvgIpc) is 3.98. The second-order valence-corrected chi connectivity index (χ2v) is 28.6. The SMILES string of the molecule is CN1C(=O)C(=O)N([C@@H](c2nc(-c3ccccc3)cn2Cc2ccccc2)C(C)(C)C)C[C@H]1CO.CN1C(=O)C(=O)N([C@@H](c2nc(-c3ccccc3)cn2Cc2ccccc2)C(C)(C)C)C[C@H]1CO[Si](C)(C)C(C)(C)C. The molecule has 2 aliphatic rings. The first kappa shape index (κ1) is 56.1. The fourth-order valence-corrected chi connectivity index (χ4v) is 10.7. The zero-order valence-corrected chi connectivity index (χ0v) is 47.3. The van der Waals surface area contributed by atoms with E-state index in [1.807, 2.05) is 124 Å². The van der Waals surface area contributed by atoms with Crippen LogP contribution in [-0.4, -0.2) is 128 Å². The predicted octanol–water partition coefficient (Wildman–Crippen LogP) is 9.72. The number of carbonyl (C=O) groups excluding carboxylic acids is 4. The molecule has 0 spiro atoms. The molecule has 0 unspecified atom stereocenters. The molecule has 4 atom stereocenters. The normalized spacial score (nSPS) is 17.8. The second-order valence-electron chi connectivity index (χ2n) is 23.8. The molecular weight excluding hydrogens is 957 g/mol. The van der Waals surface area contributed by atoms with Gasteiger partial charge >= 0.3 is 23.6 Å². The standard InChI is InChI=1S/C33H46N4O3Si.C27H32N4O3/c1-32(2,3)28(37-21-26(35(7)30(38)31(37)39)23-40-41(8,9)33(4,5)6)29-34-27(25-18-14-11-15-19-25)22-36(29)20-24-16-12-10-13-17-24;1-27(2,3)23(31-16-21(18-32)29(4)25(33)26(31)34)24-28-22(20-13-9-6-10-14-20)17-30(24)15-19-11-7-5-8-12-19/h10-19,22,26,28H,20-21,23H2,1-9H3;5-14,17,21,23,32H,15-16,18H2,1-4H3/t26-,28-;21-,23-/m00/s1. The predicted molar refractivity (Wildman–Crippen MR) is 298 cm³/mol. The number of hydrogen-bond donors (Lipinski definition) is 1. The Hall–Kier alpha value is -6.68. The van der Waals surface area contributed by atoms with E-state index < -0.39 is 60.9 Å². The lowest BCUT2D eigenvalue weighted by molar-refractivity contribution is -0.163. The zero-order chi connectivity index (χ0) is 54.6. The van der Waals surface area contributed by atoms with Crippen LogP contribution in [0.15, 0.2) is 134 Å². The van der Waals surface area contributed by atoms with Gasteiger partial charge in [-0.25, -0.2) is 9.97 Å². The van der Waals surface area contributed by atoms with Crippen molar-refractivity contribution >= 4 is 31.9 Å². The summed E-state index contributed by atoms with van der Waals surface area (Å²) in [5.74, 6) is -0.676. The first-order chi connectivity index (χ1) is 35.3. The third kappa shape index (κ3) is 12.7. The number of benzene rings is 4. The number of amides is 4. The van der Waals surface area contributed by atoms with Crippen LogP contribution in [0.4, 0.5) is 0 Å². The molecule has 2 fully saturated rings. The quantitative estimate of drug-likeness (QED) is 0.0839. The molecule has 6 aromatic rings. The number of aliphatic hydroxyl groups excluding tert-OH is 1. The molecule has 2 saturated heterocycles. The van der Waals surface area contributed by atoms with Crippen molar-refractivity contribution in [3.8, 4) is 22.5 Å². The van der Waals surface area contributed by atoms with E-state index in [4.69, 9.17) is 14.4 Å². The summed E-state index contributed by atoms with van der Waals surface area (Å²) in [6.07, 6.45) is 4.08. The van der Waals surface area contributed by atoms with Gasteiger partial charge < -0.3 is 38.3 Å². The van der Waals surface area contributed by atoms with E-state index in [9.17, 15) is 24.3 Å². The molecule has 8 rings (SSSR count). The monoisotopic (exact) mass is 1030 g/mol. The van der Waals surface area contributed by atoms with Gasteiger partial charge in [0.1, 0.15) is 11.6 Å². The smallest absolute Gasteiger partial charge is 0.312 e. The fourth-order valence-electron chi connectivity index (χ4n) is 9.65. The fraction of sp³-hybridized carbons (Fsp3) is 0.433. The Morgan fingerprint density at radius 2 is 0.893 bits per heavy atom. The number of carbonyl (C=O) groups is 4. The van der Waals surface area contributed by atoms with Crippen LogP contribution in [-0.2, 0) is 36.7 Å². The van der Waals surface area contributed by atoms with Gasteiger partial charge in [-0.2, -0.15) is 0 Å². The van der Waals surface area contributed by atoms with Gasteiger partial charge in [-0.05, 0) is 40.1 Å². The number of aliphatic hydroxyl groups is 1. The number of piperazine rings is 2. The van der Waals surface area contributed by atoms with Crippen molar-refractivity contribution in [2.24, 2.45) is 10.8 Å². The Kier molecular flexibility index (Phi) is 16.9. The summed E-state index contributed by atoms with van der Waals surface area (Å²) in [6, 6.07) is 38.8. The maximum absolute atomic E-state index is 13.7. The van der Waals surface area contributed by atoms with Crippen LogP contribution in [0.25, 0.3) is 22.5 Å². The Morgan fingerprint density at radius 1 is 0.547 bits per heavy atom. The van der Waals surface area contributed by atoms with Crippen LogP contribution in [0.2, 0.25) is 18.1 Å². The van der Waals surface area contributed by atoms with Crippen LogP contribution >= 0.6 is 0 Å². The summed E-state index contributed by atoms with van der Waals surface area (Å²) >= 11 is 0. The zero-order valence-electron chi connectivity index (χ0n) is 46.3. The highest BCUT2D eigenvalue weighted by Gasteiger charge is 2.48. The molecule has 0 saturated carbocycles. The average molecular weight is 1040 g/mol. The van der Waals surface area contributed by atoms with Crippen molar-refractivity contribution in [3.05, 3.63) is 156 Å². The molecule has 4 amide bonds. The summed E-state index contributed by atoms with van der Waals surface area (Å²) in [4.78, 5) is 69.5. The lowest BCUT2D eigenvalue weighted by atomic mass is 9.84. The number of likely N-dealkylation sites (N-methyl/N-ethyl adjacent to an activating group) is 2. The third-order valence-electron chi connectivity index (χ3n) is 15.0. The van der Waals surface area contributed by atoms with E-state index in [0.29, 0.717) is 26.2 Å². The van der Waals surface area contributed by atoms with Crippen LogP contribution in [0, 0.1) is 10.8 Å². The Labute approximate surface area is 445 Å². The second kappa shape index (κ2) is 22.7. The Balaban J connectivity index is 0.000000222. The van der Waals surface area contributed by atoms with Gasteiger partial charge in [-0.1, -0.05) is 184 Å². The minimum absolute atomic E-state index is 0.0454. The topological polar surface area (TPSA) is 146 Å². The molecule has 1 N–H and O–H groups in total. The Bertz CT molecular complexity index is 2900. The van der Waals surface area contributed by atoms with E-state index in [2.05, 4.69) is 94.2 Å². The highest BCUT2D eigenvalue weighted by molar-refractivity contribution is 6.74. The van der Waals surface area contributed by atoms with Gasteiger partial charge in [0, 0.05) is 63.8 Å². The lowest BCUT2D eigenvalue weighted by Crippen LogP contribution is -2.62. The van der Waals surface area contributed by atoms with E-state index in [0.717, 1.165) is 45.3 Å². The molecule has 15 heteroatoms. The summed E-state index contributed by atoms with van der Waals surface area (Å²) < 4.78 is 10.8. The number of aromatic nitrogens is 4. The van der Waals surface area contributed by atoms with Gasteiger partial charge in [-0.15, -0.1) is 0 Å². The van der Waals surface area contributed by atoms with Crippen molar-refractivity contribution < 1.29 is 28.7 Å². The molecule has 2 aliphatic heterocycles. The maximum atomic E-state index is 13.7. The maximum Gasteiger partial charge on any atom is 0.312 e. The summed E-state index contributed by atoms with van der Waals surface area (Å²) in [5, 5.41) is 9.93. The molecule has 14 nitrogen and oxygen atoms in total. The Morgan fingerprint density at radius 3 is 1.24 bits per heavy atom. The number of hydrogen-bond acceptors (Lipinski definition) is 8. The van der Waals surface area contributed by atoms with Gasteiger partial charge in [-0.3, -0.25) is 19.2 Å². The summed E-state index contributed by atoms with van der Waals surface area (Å²) in [6.45, 7) is 25.5. The molecule has 0 aliphatic carbocycles. The molecule has 0 bridgehead atoms. The van der Waals surface area contributed by atoms with Crippen molar-refractivity contribution in [1.29, 1.82) is 0 Å². The molecular formula is C60H78N8O6Si. The molecule has 4 heterocycles. The highest BCUT2D eigenvalue weighted by atomic mass is 28.4. The number of rotatable bonds is 14. The first-order valence-corrected chi connectivity index (χ1v) is 28.9. The van der Waals surface area contributed by atoms with E-state index in [1.54, 1.807) is 28.8 Å². The van der Waals surface area contributed by atoms with Crippen molar-refractivity contribution in [2.75, 3.05) is 40.4 Å². The van der Waals surface area contributed by atoms with Gasteiger partial charge in [0.25, 0.3) is 0 Å². The number of nitrogens with zero attached hydrogens (tertiary/aromatic N) is 8. The highest BCUT2D eigenvalue weighted by Crippen LogP contribution is 2.43. The van der Waals surface area contributed by atoms with E-state index >= 15 is 0 Å². The van der Waals surface area contributed by atoms with Gasteiger partial charge in [0.15, 0.2) is 8.32 Å². The van der Waals surface area contributed by atoms with Crippen LogP contribution in [0.5, 0.6) is 0 Å². The largest absolute Gasteiger partial charge is 0.415 e. The molecule has 2 aromatic heterocycles. The van der Waals surface area contributed by atoms with Crippen molar-refractivity contribution in [3.63, 3.8) is 0 Å². The molecule has 0 radical (unpaired) electrons. The molecule has 4 aromatic carbocycles. The van der Waals surface area contributed by atoms with Gasteiger partial charge in [0.2, 0.25) is 0 Å². The number of imidazole rings is 2. The van der Waals surface area contributed by atoms with Crippen molar-refractivity contribution in [2.45, 2.75) is 118 Å². The first-order valence-electron chi connectivity index (χ1n) is 26.0. The van der Waals surface area contributed by atoms with E-state index in [1.165, 1.54) is 4.90 Å². The lowest BCUT2D eigenvalue weighted by Gasteiger charge is -2.46. The summed E-state index contributed by atoms with van der Waals surface area (Å²) in [7, 11) is 1.23. The minimum Gasteiger partial charge on any atom is -0.415 e. The van der Waals surface area contributed by atoms with Crippen LogP contribution < -0.4 is 0 Å². The molecule has 75 heavy (non-hydrogen) atoms.